The van der Waals surface area contributed by atoms with Crippen molar-refractivity contribution in [3.05, 3.63) is 35.1 Å². The minimum Gasteiger partial charge on any atom is -0.204 e. The van der Waals surface area contributed by atoms with E-state index in [1.54, 1.807) is 0 Å². The van der Waals surface area contributed by atoms with Gasteiger partial charge in [-0.05, 0) is 36.3 Å². The van der Waals surface area contributed by atoms with E-state index in [1.165, 1.54) is 6.07 Å². The van der Waals surface area contributed by atoms with Crippen LogP contribution in [0.5, 0.6) is 0 Å². The van der Waals surface area contributed by atoms with Gasteiger partial charge in [-0.25, -0.2) is 13.2 Å². The number of halogens is 4. The normalized spacial score (nSPS) is 29.7. The van der Waals surface area contributed by atoms with Crippen molar-refractivity contribution in [1.82, 2.24) is 0 Å². The van der Waals surface area contributed by atoms with Crippen LogP contribution in [0.3, 0.4) is 0 Å². The van der Waals surface area contributed by atoms with Crippen molar-refractivity contribution in [1.29, 1.82) is 0 Å². The van der Waals surface area contributed by atoms with Gasteiger partial charge in [-0.1, -0.05) is 28.9 Å². The highest BCUT2D eigenvalue weighted by Gasteiger charge is 2.38. The molecule has 2 unspecified atom stereocenters. The molecule has 2 atom stereocenters. The zero-order chi connectivity index (χ0) is 11.9. The molecule has 0 N–H and O–H groups in total. The first-order valence-corrected chi connectivity index (χ1v) is 6.14. The number of hydrogen-bond acceptors (Lipinski definition) is 0. The van der Waals surface area contributed by atoms with Gasteiger partial charge in [-0.3, -0.25) is 0 Å². The zero-order valence-corrected chi connectivity index (χ0v) is 10.5. The molecule has 0 aromatic heterocycles. The van der Waals surface area contributed by atoms with Crippen LogP contribution in [0, 0.1) is 17.5 Å². The van der Waals surface area contributed by atoms with Gasteiger partial charge in [0.1, 0.15) is 0 Å². The summed E-state index contributed by atoms with van der Waals surface area (Å²) in [6.45, 7) is 1.89. The van der Waals surface area contributed by atoms with Crippen LogP contribution in [0.4, 0.5) is 13.2 Å². The Hall–Kier alpha value is -0.510. The molecular weight excluding hydrogens is 281 g/mol. The summed E-state index contributed by atoms with van der Waals surface area (Å²) in [4.78, 5) is 0.324. The van der Waals surface area contributed by atoms with Gasteiger partial charge in [0.2, 0.25) is 0 Å². The van der Waals surface area contributed by atoms with E-state index in [2.05, 4.69) is 15.9 Å². The highest BCUT2D eigenvalue weighted by atomic mass is 79.9. The van der Waals surface area contributed by atoms with Crippen LogP contribution in [-0.2, 0) is 5.41 Å². The highest BCUT2D eigenvalue weighted by molar-refractivity contribution is 9.09. The standard InChI is InChI=1S/C12H12BrF3/c1-12(5-4-7(13)6-12)8-2-3-9(14)11(16)10(8)15/h2-3,7H,4-6H2,1H3. The summed E-state index contributed by atoms with van der Waals surface area (Å²) in [6, 6.07) is 2.36. The minimum atomic E-state index is -1.36. The maximum atomic E-state index is 13.7. The first-order chi connectivity index (χ1) is 7.44. The third kappa shape index (κ3) is 1.88. The Morgan fingerprint density at radius 2 is 1.94 bits per heavy atom. The van der Waals surface area contributed by atoms with Crippen molar-refractivity contribution in [2.45, 2.75) is 36.4 Å². The molecule has 16 heavy (non-hydrogen) atoms. The maximum Gasteiger partial charge on any atom is 0.194 e. The van der Waals surface area contributed by atoms with E-state index in [-0.39, 0.29) is 5.56 Å². The summed E-state index contributed by atoms with van der Waals surface area (Å²) in [5, 5.41) is 0. The van der Waals surface area contributed by atoms with Crippen molar-refractivity contribution in [2.75, 3.05) is 0 Å². The topological polar surface area (TPSA) is 0 Å². The number of hydrogen-bond donors (Lipinski definition) is 0. The van der Waals surface area contributed by atoms with Crippen molar-refractivity contribution in [2.24, 2.45) is 0 Å². The third-order valence-electron chi connectivity index (χ3n) is 3.37. The van der Waals surface area contributed by atoms with E-state index in [1.807, 2.05) is 6.92 Å². The summed E-state index contributed by atoms with van der Waals surface area (Å²) in [6.07, 6.45) is 2.45. The van der Waals surface area contributed by atoms with E-state index in [9.17, 15) is 13.2 Å². The second-order valence-electron chi connectivity index (χ2n) is 4.62. The van der Waals surface area contributed by atoms with Crippen LogP contribution < -0.4 is 0 Å². The van der Waals surface area contributed by atoms with Crippen molar-refractivity contribution in [3.63, 3.8) is 0 Å². The number of alkyl halides is 1. The fraction of sp³-hybridized carbons (Fsp3) is 0.500. The van der Waals surface area contributed by atoms with E-state index < -0.39 is 22.9 Å². The molecule has 1 aliphatic rings. The fourth-order valence-corrected chi connectivity index (χ4v) is 3.35. The van der Waals surface area contributed by atoms with Crippen LogP contribution in [0.2, 0.25) is 0 Å². The molecule has 0 nitrogen and oxygen atoms in total. The van der Waals surface area contributed by atoms with Gasteiger partial charge in [0.25, 0.3) is 0 Å². The molecule has 1 fully saturated rings. The van der Waals surface area contributed by atoms with Crippen molar-refractivity contribution >= 4 is 15.9 Å². The second-order valence-corrected chi connectivity index (χ2v) is 5.92. The quantitative estimate of drug-likeness (QED) is 0.534. The summed E-state index contributed by atoms with van der Waals surface area (Å²) in [7, 11) is 0. The predicted molar refractivity (Wildman–Crippen MR) is 60.2 cm³/mol. The van der Waals surface area contributed by atoms with Crippen molar-refractivity contribution in [3.8, 4) is 0 Å². The van der Waals surface area contributed by atoms with Gasteiger partial charge >= 0.3 is 0 Å². The van der Waals surface area contributed by atoms with Crippen LogP contribution in [0.1, 0.15) is 31.7 Å². The molecule has 0 saturated heterocycles. The molecule has 0 aliphatic heterocycles. The first kappa shape index (κ1) is 12.0. The van der Waals surface area contributed by atoms with Gasteiger partial charge in [0, 0.05) is 4.83 Å². The first-order valence-electron chi connectivity index (χ1n) is 5.22. The molecule has 2 rings (SSSR count). The highest BCUT2D eigenvalue weighted by Crippen LogP contribution is 2.44. The Balaban J connectivity index is 2.45. The zero-order valence-electron chi connectivity index (χ0n) is 8.87. The lowest BCUT2D eigenvalue weighted by Gasteiger charge is -2.25. The molecule has 0 heterocycles. The van der Waals surface area contributed by atoms with Gasteiger partial charge in [-0.2, -0.15) is 0 Å². The molecule has 0 amide bonds. The lowest BCUT2D eigenvalue weighted by Crippen LogP contribution is -2.20. The average Bonchev–Trinajstić information content (AvgIpc) is 2.56. The summed E-state index contributed by atoms with van der Waals surface area (Å²) in [5.74, 6) is -3.53. The predicted octanol–water partition coefficient (Wildman–Crippen LogP) is 4.31. The summed E-state index contributed by atoms with van der Waals surface area (Å²) >= 11 is 3.48. The Bertz CT molecular complexity index is 419. The Morgan fingerprint density at radius 1 is 1.25 bits per heavy atom. The monoisotopic (exact) mass is 292 g/mol. The van der Waals surface area contributed by atoms with E-state index in [0.717, 1.165) is 25.3 Å². The van der Waals surface area contributed by atoms with E-state index in [4.69, 9.17) is 0 Å². The van der Waals surface area contributed by atoms with Crippen LogP contribution in [0.15, 0.2) is 12.1 Å². The Morgan fingerprint density at radius 3 is 2.50 bits per heavy atom. The van der Waals surface area contributed by atoms with Gasteiger partial charge < -0.3 is 0 Å². The smallest absolute Gasteiger partial charge is 0.194 e. The molecule has 0 radical (unpaired) electrons. The Labute approximate surface area is 101 Å². The van der Waals surface area contributed by atoms with Crippen LogP contribution in [0.25, 0.3) is 0 Å². The lowest BCUT2D eigenvalue weighted by molar-refractivity contribution is 0.405. The molecule has 1 saturated carbocycles. The van der Waals surface area contributed by atoms with Gasteiger partial charge in [-0.15, -0.1) is 0 Å². The molecular formula is C12H12BrF3. The fourth-order valence-electron chi connectivity index (χ4n) is 2.40. The minimum absolute atomic E-state index is 0.286. The maximum absolute atomic E-state index is 13.7. The molecule has 1 aliphatic carbocycles. The molecule has 1 aromatic rings. The summed E-state index contributed by atoms with van der Waals surface area (Å²) in [5.41, 5.74) is -0.111. The molecule has 1 aromatic carbocycles. The Kier molecular flexibility index (Phi) is 3.03. The van der Waals surface area contributed by atoms with E-state index >= 15 is 0 Å². The van der Waals surface area contributed by atoms with Crippen molar-refractivity contribution < 1.29 is 13.2 Å². The molecule has 0 bridgehead atoms. The molecule has 88 valence electrons. The summed E-state index contributed by atoms with van der Waals surface area (Å²) < 4.78 is 39.6. The third-order valence-corrected chi connectivity index (χ3v) is 4.15. The van der Waals surface area contributed by atoms with Gasteiger partial charge in [0.15, 0.2) is 17.5 Å². The molecule has 4 heteroatoms. The SMILES string of the molecule is CC1(c2ccc(F)c(F)c2F)CCC(Br)C1. The largest absolute Gasteiger partial charge is 0.204 e. The van der Waals surface area contributed by atoms with Gasteiger partial charge in [0.05, 0.1) is 0 Å². The second kappa shape index (κ2) is 4.06. The number of rotatable bonds is 1. The van der Waals surface area contributed by atoms with Crippen LogP contribution >= 0.6 is 15.9 Å². The molecule has 0 spiro atoms. The number of benzene rings is 1. The average molecular weight is 293 g/mol. The lowest BCUT2D eigenvalue weighted by atomic mass is 9.80. The van der Waals surface area contributed by atoms with Crippen LogP contribution in [-0.4, -0.2) is 4.83 Å². The van der Waals surface area contributed by atoms with E-state index in [0.29, 0.717) is 4.83 Å².